The molecular weight excluding hydrogens is 316 g/mol. The van der Waals surface area contributed by atoms with Gasteiger partial charge in [0.15, 0.2) is 0 Å². The van der Waals surface area contributed by atoms with Crippen molar-refractivity contribution in [3.8, 4) is 0 Å². The normalized spacial score (nSPS) is 9.12. The summed E-state index contributed by atoms with van der Waals surface area (Å²) in [5, 5.41) is 4.58. The van der Waals surface area contributed by atoms with Gasteiger partial charge in [0.25, 0.3) is 0 Å². The van der Waals surface area contributed by atoms with E-state index in [9.17, 15) is 9.59 Å². The number of anilines is 1. The zero-order chi connectivity index (χ0) is 12.1. The Hall–Kier alpha value is 0.245. The molecule has 0 aromatic carbocycles. The van der Waals surface area contributed by atoms with Gasteiger partial charge < -0.3 is 9.47 Å². The Bertz CT molecular complexity index is 405. The van der Waals surface area contributed by atoms with E-state index in [0.29, 0.717) is 10.6 Å². The van der Waals surface area contributed by atoms with Gasteiger partial charge in [-0.1, -0.05) is 0 Å². The predicted molar refractivity (Wildman–Crippen MR) is 60.5 cm³/mol. The van der Waals surface area contributed by atoms with Gasteiger partial charge in [-0.3, -0.25) is 5.32 Å². The number of rotatable bonds is 3. The maximum atomic E-state index is 11.6. The SMILES string of the molecule is [CH2-]OC(=O)Nc1scc(C)c1C(=O)OCC.[Rb+]. The van der Waals surface area contributed by atoms with Gasteiger partial charge in [0, 0.05) is 0 Å². The average Bonchev–Trinajstić information content (AvgIpc) is 2.60. The maximum Gasteiger partial charge on any atom is 1.00 e. The second-order valence-corrected chi connectivity index (χ2v) is 3.78. The largest absolute Gasteiger partial charge is 1.00 e. The average molecular weight is 328 g/mol. The van der Waals surface area contributed by atoms with E-state index in [0.717, 1.165) is 5.56 Å². The van der Waals surface area contributed by atoms with Gasteiger partial charge >= 0.3 is 70.3 Å². The zero-order valence-electron chi connectivity index (χ0n) is 10.0. The number of carbonyl (C=O) groups is 2. The molecule has 1 amide bonds. The van der Waals surface area contributed by atoms with Crippen LogP contribution in [-0.2, 0) is 9.47 Å². The van der Waals surface area contributed by atoms with E-state index in [-0.39, 0.29) is 64.8 Å². The third-order valence-electron chi connectivity index (χ3n) is 1.80. The van der Waals surface area contributed by atoms with Crippen LogP contribution >= 0.6 is 11.3 Å². The fourth-order valence-corrected chi connectivity index (χ4v) is 2.04. The van der Waals surface area contributed by atoms with Crippen LogP contribution in [0.4, 0.5) is 9.80 Å². The first-order chi connectivity index (χ1) is 7.60. The fraction of sp³-hybridized carbons (Fsp3) is 0.300. The second-order valence-electron chi connectivity index (χ2n) is 2.90. The molecule has 0 radical (unpaired) electrons. The molecule has 88 valence electrons. The molecule has 1 aromatic heterocycles. The first kappa shape index (κ1) is 17.2. The van der Waals surface area contributed by atoms with Crippen molar-refractivity contribution < 1.29 is 77.3 Å². The van der Waals surface area contributed by atoms with Crippen molar-refractivity contribution in [1.29, 1.82) is 0 Å². The van der Waals surface area contributed by atoms with E-state index >= 15 is 0 Å². The Balaban J connectivity index is 0.00000256. The Morgan fingerprint density at radius 3 is 2.71 bits per heavy atom. The fourth-order valence-electron chi connectivity index (χ4n) is 1.12. The van der Waals surface area contributed by atoms with Crippen LogP contribution in [0.5, 0.6) is 0 Å². The first-order valence-electron chi connectivity index (χ1n) is 4.58. The molecule has 0 aliphatic carbocycles. The van der Waals surface area contributed by atoms with Crippen molar-refractivity contribution >= 4 is 28.4 Å². The number of carbonyl (C=O) groups excluding carboxylic acids is 2. The number of hydrogen-bond donors (Lipinski definition) is 1. The van der Waals surface area contributed by atoms with Crippen LogP contribution in [0.1, 0.15) is 22.8 Å². The van der Waals surface area contributed by atoms with Crippen molar-refractivity contribution in [2.24, 2.45) is 0 Å². The molecular formula is C10H12NO4RbS. The minimum absolute atomic E-state index is 0. The van der Waals surface area contributed by atoms with E-state index in [4.69, 9.17) is 4.74 Å². The molecule has 0 aliphatic rings. The summed E-state index contributed by atoms with van der Waals surface area (Å²) >= 11 is 1.23. The molecule has 7 heteroatoms. The minimum Gasteiger partial charge on any atom is -0.624 e. The third kappa shape index (κ3) is 4.79. The number of thiophene rings is 1. The molecule has 1 aromatic rings. The molecule has 1 rings (SSSR count). The van der Waals surface area contributed by atoms with Gasteiger partial charge in [0.2, 0.25) is 0 Å². The number of hydrogen-bond acceptors (Lipinski definition) is 5. The summed E-state index contributed by atoms with van der Waals surface area (Å²) in [6.07, 6.45) is -0.715. The molecule has 5 nitrogen and oxygen atoms in total. The van der Waals surface area contributed by atoms with Crippen LogP contribution in [0, 0.1) is 14.0 Å². The van der Waals surface area contributed by atoms with Gasteiger partial charge in [0.1, 0.15) is 5.00 Å². The van der Waals surface area contributed by atoms with Crippen molar-refractivity contribution in [1.82, 2.24) is 0 Å². The van der Waals surface area contributed by atoms with Gasteiger partial charge in [0.05, 0.1) is 12.2 Å². The Morgan fingerprint density at radius 1 is 1.53 bits per heavy atom. The van der Waals surface area contributed by atoms with E-state index in [1.165, 1.54) is 11.3 Å². The molecule has 0 aliphatic heterocycles. The summed E-state index contributed by atoms with van der Waals surface area (Å²) in [4.78, 5) is 22.6. The summed E-state index contributed by atoms with van der Waals surface area (Å²) in [6, 6.07) is 0. The second kappa shape index (κ2) is 8.37. The van der Waals surface area contributed by atoms with Crippen molar-refractivity contribution in [2.45, 2.75) is 13.8 Å². The molecule has 1 N–H and O–H groups in total. The van der Waals surface area contributed by atoms with Crippen LogP contribution < -0.4 is 63.5 Å². The summed E-state index contributed by atoms with van der Waals surface area (Å²) < 4.78 is 9.10. The Kier molecular flexibility index (Phi) is 8.49. The standard InChI is InChI=1S/C10H12NO4S.Rb/c1-4-15-9(12)7-6(2)5-16-8(7)11-10(13)14-3;/h5H,3-4H2,1-2H3,(H,11,13);/q-1;+1. The molecule has 17 heavy (non-hydrogen) atoms. The summed E-state index contributed by atoms with van der Waals surface area (Å²) in [5.74, 6) is -0.458. The van der Waals surface area contributed by atoms with Gasteiger partial charge in [-0.15, -0.1) is 11.3 Å². The van der Waals surface area contributed by atoms with Crippen LogP contribution in [0.15, 0.2) is 5.38 Å². The molecule has 0 bridgehead atoms. The number of amides is 1. The zero-order valence-corrected chi connectivity index (χ0v) is 15.8. The summed E-state index contributed by atoms with van der Waals surface area (Å²) in [5.41, 5.74) is 1.11. The Morgan fingerprint density at radius 2 is 2.18 bits per heavy atom. The van der Waals surface area contributed by atoms with Gasteiger partial charge in [-0.2, -0.15) is 7.11 Å². The number of aryl methyl sites for hydroxylation is 1. The molecule has 0 saturated carbocycles. The molecule has 0 fully saturated rings. The molecule has 0 spiro atoms. The Labute approximate surface area is 153 Å². The maximum absolute atomic E-state index is 11.6. The number of nitrogens with one attached hydrogen (secondary N) is 1. The minimum atomic E-state index is -0.715. The summed E-state index contributed by atoms with van der Waals surface area (Å²) in [6.45, 7) is 3.77. The van der Waals surface area contributed by atoms with Crippen molar-refractivity contribution in [2.75, 3.05) is 11.9 Å². The monoisotopic (exact) mass is 327 g/mol. The van der Waals surface area contributed by atoms with Crippen LogP contribution in [0.25, 0.3) is 0 Å². The predicted octanol–water partition coefficient (Wildman–Crippen LogP) is -0.423. The van der Waals surface area contributed by atoms with E-state index in [1.54, 1.807) is 19.2 Å². The smallest absolute Gasteiger partial charge is 0.624 e. The van der Waals surface area contributed by atoms with E-state index in [1.807, 2.05) is 0 Å². The van der Waals surface area contributed by atoms with Gasteiger partial charge in [-0.05, 0) is 24.8 Å². The van der Waals surface area contributed by atoms with Crippen LogP contribution in [-0.4, -0.2) is 18.7 Å². The van der Waals surface area contributed by atoms with E-state index < -0.39 is 12.1 Å². The van der Waals surface area contributed by atoms with Crippen molar-refractivity contribution in [3.05, 3.63) is 23.6 Å². The molecule has 0 saturated heterocycles. The first-order valence-corrected chi connectivity index (χ1v) is 5.46. The third-order valence-corrected chi connectivity index (χ3v) is 2.81. The van der Waals surface area contributed by atoms with Crippen molar-refractivity contribution in [3.63, 3.8) is 0 Å². The summed E-state index contributed by atoms with van der Waals surface area (Å²) in [7, 11) is 2.98. The van der Waals surface area contributed by atoms with Crippen LogP contribution in [0.2, 0.25) is 0 Å². The molecule has 0 atom stereocenters. The van der Waals surface area contributed by atoms with Crippen LogP contribution in [0.3, 0.4) is 0 Å². The molecule has 1 heterocycles. The van der Waals surface area contributed by atoms with E-state index in [2.05, 4.69) is 17.2 Å². The quantitative estimate of drug-likeness (QED) is 0.605. The topological polar surface area (TPSA) is 64.6 Å². The number of ether oxygens (including phenoxy) is 2. The number of esters is 1. The molecule has 0 unspecified atom stereocenters. The van der Waals surface area contributed by atoms with Gasteiger partial charge in [-0.25, -0.2) is 9.59 Å².